The first-order valence-corrected chi connectivity index (χ1v) is 7.32. The number of likely N-dealkylation sites (N-methyl/N-ethyl adjacent to an activating group) is 1. The molecule has 0 spiro atoms. The number of rotatable bonds is 5. The molecule has 21 heavy (non-hydrogen) atoms. The summed E-state index contributed by atoms with van der Waals surface area (Å²) in [6, 6.07) is 9.79. The van der Waals surface area contributed by atoms with Gasteiger partial charge < -0.3 is 5.32 Å². The summed E-state index contributed by atoms with van der Waals surface area (Å²) in [5, 5.41) is 3.90. The first-order valence-electron chi connectivity index (χ1n) is 6.94. The molecule has 0 saturated carbocycles. The molecule has 1 unspecified atom stereocenters. The lowest BCUT2D eigenvalue weighted by Crippen LogP contribution is -2.24. The van der Waals surface area contributed by atoms with Crippen molar-refractivity contribution >= 4 is 11.6 Å². The predicted molar refractivity (Wildman–Crippen MR) is 82.7 cm³/mol. The third kappa shape index (κ3) is 4.02. The van der Waals surface area contributed by atoms with Gasteiger partial charge in [-0.05, 0) is 49.2 Å². The summed E-state index contributed by atoms with van der Waals surface area (Å²) >= 11 is 5.98. The first-order chi connectivity index (χ1) is 10.0. The highest BCUT2D eigenvalue weighted by molar-refractivity contribution is 6.30. The minimum Gasteiger partial charge on any atom is -0.310 e. The van der Waals surface area contributed by atoms with Crippen LogP contribution in [0.1, 0.15) is 29.7 Å². The average molecular weight is 310 g/mol. The summed E-state index contributed by atoms with van der Waals surface area (Å²) in [5.74, 6) is -1.04. The highest BCUT2D eigenvalue weighted by atomic mass is 35.5. The van der Waals surface area contributed by atoms with Crippen molar-refractivity contribution in [2.24, 2.45) is 0 Å². The maximum Gasteiger partial charge on any atom is 0.130 e. The van der Waals surface area contributed by atoms with E-state index >= 15 is 0 Å². The van der Waals surface area contributed by atoms with Gasteiger partial charge in [-0.2, -0.15) is 0 Å². The maximum atomic E-state index is 14.1. The van der Waals surface area contributed by atoms with Crippen molar-refractivity contribution in [3.05, 3.63) is 69.7 Å². The Morgan fingerprint density at radius 2 is 1.90 bits per heavy atom. The minimum atomic E-state index is -0.522. The monoisotopic (exact) mass is 309 g/mol. The van der Waals surface area contributed by atoms with Gasteiger partial charge in [0.2, 0.25) is 0 Å². The van der Waals surface area contributed by atoms with Crippen LogP contribution in [-0.2, 0) is 6.42 Å². The molecule has 0 saturated heterocycles. The molecule has 112 valence electrons. The normalized spacial score (nSPS) is 12.4. The Labute approximate surface area is 128 Å². The quantitative estimate of drug-likeness (QED) is 0.835. The standard InChI is InChI=1S/C17H18ClF2N/c1-3-21-17(9-12-5-4-6-13(18)8-12)14-7-11(2)15(19)10-16(14)20/h4-8,10,17,21H,3,9H2,1-2H3. The van der Waals surface area contributed by atoms with Gasteiger partial charge in [-0.1, -0.05) is 30.7 Å². The van der Waals surface area contributed by atoms with Crippen molar-refractivity contribution < 1.29 is 8.78 Å². The van der Waals surface area contributed by atoms with Crippen molar-refractivity contribution in [1.82, 2.24) is 5.32 Å². The summed E-state index contributed by atoms with van der Waals surface area (Å²) in [7, 11) is 0. The van der Waals surface area contributed by atoms with Crippen molar-refractivity contribution in [3.63, 3.8) is 0 Å². The van der Waals surface area contributed by atoms with Crippen LogP contribution in [0, 0.1) is 18.6 Å². The minimum absolute atomic E-state index is 0.215. The largest absolute Gasteiger partial charge is 0.310 e. The second-order valence-corrected chi connectivity index (χ2v) is 5.50. The number of hydrogen-bond acceptors (Lipinski definition) is 1. The molecule has 0 radical (unpaired) electrons. The molecule has 0 bridgehead atoms. The van der Waals surface area contributed by atoms with E-state index < -0.39 is 11.6 Å². The molecule has 0 amide bonds. The Morgan fingerprint density at radius 3 is 2.57 bits per heavy atom. The molecule has 0 aliphatic carbocycles. The van der Waals surface area contributed by atoms with E-state index in [9.17, 15) is 8.78 Å². The first kappa shape index (κ1) is 15.9. The van der Waals surface area contributed by atoms with E-state index in [2.05, 4.69) is 5.32 Å². The van der Waals surface area contributed by atoms with Gasteiger partial charge in [-0.25, -0.2) is 8.78 Å². The van der Waals surface area contributed by atoms with E-state index in [4.69, 9.17) is 11.6 Å². The third-order valence-corrected chi connectivity index (χ3v) is 3.67. The highest BCUT2D eigenvalue weighted by Gasteiger charge is 2.17. The Hall–Kier alpha value is -1.45. The molecule has 2 aromatic rings. The van der Waals surface area contributed by atoms with Crippen molar-refractivity contribution in [1.29, 1.82) is 0 Å². The highest BCUT2D eigenvalue weighted by Crippen LogP contribution is 2.25. The van der Waals surface area contributed by atoms with Gasteiger partial charge in [0, 0.05) is 22.7 Å². The van der Waals surface area contributed by atoms with Crippen LogP contribution < -0.4 is 5.32 Å². The van der Waals surface area contributed by atoms with E-state index in [0.29, 0.717) is 29.1 Å². The fourth-order valence-electron chi connectivity index (χ4n) is 2.38. The molecule has 1 nitrogen and oxygen atoms in total. The Balaban J connectivity index is 2.33. The molecule has 0 aliphatic heterocycles. The summed E-state index contributed by atoms with van der Waals surface area (Å²) in [4.78, 5) is 0. The van der Waals surface area contributed by atoms with Crippen molar-refractivity contribution in [2.45, 2.75) is 26.3 Å². The summed E-state index contributed by atoms with van der Waals surface area (Å²) in [5.41, 5.74) is 1.94. The third-order valence-electron chi connectivity index (χ3n) is 3.43. The zero-order chi connectivity index (χ0) is 15.4. The van der Waals surface area contributed by atoms with Crippen LogP contribution in [0.3, 0.4) is 0 Å². The molecule has 0 fully saturated rings. The summed E-state index contributed by atoms with van der Waals surface area (Å²) in [6.45, 7) is 4.29. The average Bonchev–Trinajstić information content (AvgIpc) is 2.42. The fraction of sp³-hybridized carbons (Fsp3) is 0.294. The van der Waals surface area contributed by atoms with Crippen LogP contribution in [-0.4, -0.2) is 6.54 Å². The molecule has 1 N–H and O–H groups in total. The van der Waals surface area contributed by atoms with Gasteiger partial charge in [-0.15, -0.1) is 0 Å². The molecular formula is C17H18ClF2N. The van der Waals surface area contributed by atoms with E-state index in [0.717, 1.165) is 11.6 Å². The van der Waals surface area contributed by atoms with Gasteiger partial charge in [0.1, 0.15) is 11.6 Å². The van der Waals surface area contributed by atoms with Crippen molar-refractivity contribution in [3.8, 4) is 0 Å². The Bertz CT molecular complexity index is 628. The van der Waals surface area contributed by atoms with E-state index in [1.165, 1.54) is 0 Å². The van der Waals surface area contributed by atoms with E-state index in [-0.39, 0.29) is 6.04 Å². The lowest BCUT2D eigenvalue weighted by atomic mass is 9.96. The molecule has 2 aromatic carbocycles. The van der Waals surface area contributed by atoms with Gasteiger partial charge in [0.15, 0.2) is 0 Å². The van der Waals surface area contributed by atoms with Crippen LogP contribution in [0.2, 0.25) is 5.02 Å². The zero-order valence-corrected chi connectivity index (χ0v) is 12.8. The second kappa shape index (κ2) is 7.01. The van der Waals surface area contributed by atoms with E-state index in [1.54, 1.807) is 19.1 Å². The van der Waals surface area contributed by atoms with E-state index in [1.807, 2.05) is 25.1 Å². The van der Waals surface area contributed by atoms with Crippen LogP contribution in [0.15, 0.2) is 36.4 Å². The molecule has 2 rings (SSSR count). The van der Waals surface area contributed by atoms with Gasteiger partial charge in [0.25, 0.3) is 0 Å². The van der Waals surface area contributed by atoms with Crippen molar-refractivity contribution in [2.75, 3.05) is 6.54 Å². The number of aryl methyl sites for hydroxylation is 1. The number of hydrogen-bond donors (Lipinski definition) is 1. The number of nitrogens with one attached hydrogen (secondary N) is 1. The Kier molecular flexibility index (Phi) is 5.32. The van der Waals surface area contributed by atoms with Crippen LogP contribution in [0.25, 0.3) is 0 Å². The van der Waals surface area contributed by atoms with Gasteiger partial charge >= 0.3 is 0 Å². The lowest BCUT2D eigenvalue weighted by molar-refractivity contribution is 0.500. The maximum absolute atomic E-state index is 14.1. The smallest absolute Gasteiger partial charge is 0.130 e. The fourth-order valence-corrected chi connectivity index (χ4v) is 2.60. The molecule has 0 aliphatic rings. The van der Waals surface area contributed by atoms with Gasteiger partial charge in [0.05, 0.1) is 0 Å². The molecule has 4 heteroatoms. The topological polar surface area (TPSA) is 12.0 Å². The summed E-state index contributed by atoms with van der Waals surface area (Å²) in [6.07, 6.45) is 0.594. The predicted octanol–water partition coefficient (Wildman–Crippen LogP) is 4.82. The zero-order valence-electron chi connectivity index (χ0n) is 12.1. The van der Waals surface area contributed by atoms with Crippen LogP contribution in [0.5, 0.6) is 0 Å². The van der Waals surface area contributed by atoms with Crippen LogP contribution >= 0.6 is 11.6 Å². The lowest BCUT2D eigenvalue weighted by Gasteiger charge is -2.20. The number of halogens is 3. The SMILES string of the molecule is CCNC(Cc1cccc(Cl)c1)c1cc(C)c(F)cc1F. The molecular weight excluding hydrogens is 292 g/mol. The van der Waals surface area contributed by atoms with Crippen LogP contribution in [0.4, 0.5) is 8.78 Å². The van der Waals surface area contributed by atoms with Gasteiger partial charge in [-0.3, -0.25) is 0 Å². The molecule has 0 aromatic heterocycles. The summed E-state index contributed by atoms with van der Waals surface area (Å²) < 4.78 is 27.5. The Morgan fingerprint density at radius 1 is 1.14 bits per heavy atom. The second-order valence-electron chi connectivity index (χ2n) is 5.07. The molecule has 0 heterocycles. The number of benzene rings is 2. The molecule has 1 atom stereocenters.